The number of likely N-dealkylation sites (tertiary alicyclic amines) is 1. The molecule has 3 fully saturated rings. The monoisotopic (exact) mass is 512 g/mol. The van der Waals surface area contributed by atoms with Gasteiger partial charge in [-0.3, -0.25) is 9.69 Å². The fourth-order valence-electron chi connectivity index (χ4n) is 5.95. The summed E-state index contributed by atoms with van der Waals surface area (Å²) in [5, 5.41) is 5.66. The highest BCUT2D eigenvalue weighted by Crippen LogP contribution is 2.43. The van der Waals surface area contributed by atoms with Crippen LogP contribution in [0.5, 0.6) is 0 Å². The molecule has 0 N–H and O–H groups in total. The van der Waals surface area contributed by atoms with Crippen molar-refractivity contribution in [2.75, 3.05) is 33.4 Å². The number of hydrogen-bond acceptors (Lipinski definition) is 7. The Hall–Kier alpha value is -3.56. The Morgan fingerprint density at radius 3 is 2.71 bits per heavy atom. The summed E-state index contributed by atoms with van der Waals surface area (Å²) in [5.74, 6) is 1.51. The largest absolute Gasteiger partial charge is 0.454 e. The van der Waals surface area contributed by atoms with E-state index in [-0.39, 0.29) is 5.91 Å². The molecule has 2 saturated heterocycles. The maximum Gasteiger partial charge on any atom is 0.257 e. The minimum atomic E-state index is 0.0643. The molecule has 1 aromatic carbocycles. The Kier molecular flexibility index (Phi) is 5.97. The summed E-state index contributed by atoms with van der Waals surface area (Å²) in [4.78, 5) is 27.5. The van der Waals surface area contributed by atoms with Crippen molar-refractivity contribution < 1.29 is 13.9 Å². The lowest BCUT2D eigenvalue weighted by Crippen LogP contribution is -2.44. The van der Waals surface area contributed by atoms with Gasteiger partial charge in [0.15, 0.2) is 5.76 Å². The number of carbonyl (C=O) groups excluding carboxylic acids is 1. The zero-order valence-electron chi connectivity index (χ0n) is 21.6. The summed E-state index contributed by atoms with van der Waals surface area (Å²) in [6.45, 7) is 3.17. The molecule has 9 nitrogen and oxygen atoms in total. The molecule has 196 valence electrons. The van der Waals surface area contributed by atoms with Crippen molar-refractivity contribution in [2.24, 2.45) is 0 Å². The number of aromatic nitrogens is 4. The van der Waals surface area contributed by atoms with E-state index in [1.807, 2.05) is 41.3 Å². The Labute approximate surface area is 221 Å². The molecule has 5 heterocycles. The average Bonchev–Trinajstić information content (AvgIpc) is 3.35. The molecule has 2 aliphatic heterocycles. The number of fused-ring (bicyclic) bond motifs is 1. The first kappa shape index (κ1) is 23.5. The third kappa shape index (κ3) is 4.29. The molecule has 0 unspecified atom stereocenters. The standard InChI is InChI=1S/C29H32N6O3/c1-33(21-10-14-37-15-11-21)22-9-13-34(18-22)28(36)23-17-31-35(27(23)19-6-7-19)29-30-12-8-24(32-29)26-16-20-4-2-3-5-25(20)38-26/h2-5,8,12,16-17,19,21-22H,6-7,9-11,13-15,18H2,1H3/t22-/m1/s1. The van der Waals surface area contributed by atoms with Gasteiger partial charge in [-0.2, -0.15) is 5.10 Å². The summed E-state index contributed by atoms with van der Waals surface area (Å²) >= 11 is 0. The summed E-state index contributed by atoms with van der Waals surface area (Å²) < 4.78 is 13.3. The Morgan fingerprint density at radius 1 is 1.05 bits per heavy atom. The van der Waals surface area contributed by atoms with E-state index in [1.54, 1.807) is 17.1 Å². The molecule has 7 rings (SSSR count). The molecule has 1 atom stereocenters. The predicted octanol–water partition coefficient (Wildman–Crippen LogP) is 4.28. The first-order valence-electron chi connectivity index (χ1n) is 13.6. The van der Waals surface area contributed by atoms with Crippen LogP contribution in [0.15, 0.2) is 53.2 Å². The first-order chi connectivity index (χ1) is 18.7. The summed E-state index contributed by atoms with van der Waals surface area (Å²) in [5.41, 5.74) is 3.12. The molecule has 1 aliphatic carbocycles. The predicted molar refractivity (Wildman–Crippen MR) is 142 cm³/mol. The number of amides is 1. The Balaban J connectivity index is 1.14. The molecule has 38 heavy (non-hydrogen) atoms. The van der Waals surface area contributed by atoms with Crippen molar-refractivity contribution >= 4 is 16.9 Å². The highest BCUT2D eigenvalue weighted by atomic mass is 16.5. The van der Waals surface area contributed by atoms with Crippen molar-refractivity contribution in [1.29, 1.82) is 0 Å². The normalized spacial score (nSPS) is 20.6. The number of furan rings is 1. The van der Waals surface area contributed by atoms with Crippen LogP contribution >= 0.6 is 0 Å². The van der Waals surface area contributed by atoms with Gasteiger partial charge in [0, 0.05) is 55.9 Å². The van der Waals surface area contributed by atoms with E-state index in [2.05, 4.69) is 22.0 Å². The average molecular weight is 513 g/mol. The second kappa shape index (κ2) is 9.63. The smallest absolute Gasteiger partial charge is 0.257 e. The van der Waals surface area contributed by atoms with Gasteiger partial charge in [-0.1, -0.05) is 18.2 Å². The number of carbonyl (C=O) groups is 1. The quantitative estimate of drug-likeness (QED) is 0.381. The third-order valence-electron chi connectivity index (χ3n) is 8.30. The van der Waals surface area contributed by atoms with Crippen LogP contribution < -0.4 is 0 Å². The van der Waals surface area contributed by atoms with Crippen LogP contribution in [0.1, 0.15) is 54.1 Å². The molecule has 0 bridgehead atoms. The number of ether oxygens (including phenoxy) is 1. The molecule has 4 aromatic rings. The maximum atomic E-state index is 13.8. The molecule has 1 saturated carbocycles. The van der Waals surface area contributed by atoms with Crippen LogP contribution in [-0.2, 0) is 4.74 Å². The molecule has 1 amide bonds. The highest BCUT2D eigenvalue weighted by Gasteiger charge is 2.38. The van der Waals surface area contributed by atoms with E-state index in [0.29, 0.717) is 41.0 Å². The lowest BCUT2D eigenvalue weighted by atomic mass is 10.1. The first-order valence-corrected chi connectivity index (χ1v) is 13.6. The van der Waals surface area contributed by atoms with E-state index in [1.165, 1.54) is 0 Å². The van der Waals surface area contributed by atoms with Crippen molar-refractivity contribution in [3.63, 3.8) is 0 Å². The van der Waals surface area contributed by atoms with Crippen LogP contribution in [0.4, 0.5) is 0 Å². The van der Waals surface area contributed by atoms with Crippen LogP contribution in [0.3, 0.4) is 0 Å². The van der Waals surface area contributed by atoms with Crippen LogP contribution in [-0.4, -0.2) is 80.9 Å². The van der Waals surface area contributed by atoms with Gasteiger partial charge in [0.1, 0.15) is 11.3 Å². The van der Waals surface area contributed by atoms with Gasteiger partial charge >= 0.3 is 0 Å². The van der Waals surface area contributed by atoms with Crippen LogP contribution in [0.25, 0.3) is 28.4 Å². The minimum absolute atomic E-state index is 0.0643. The minimum Gasteiger partial charge on any atom is -0.454 e. The van der Waals surface area contributed by atoms with Gasteiger partial charge in [-0.15, -0.1) is 0 Å². The number of nitrogens with zero attached hydrogens (tertiary/aromatic N) is 6. The number of para-hydroxylation sites is 1. The summed E-state index contributed by atoms with van der Waals surface area (Å²) in [6, 6.07) is 12.7. The Morgan fingerprint density at radius 2 is 1.89 bits per heavy atom. The zero-order valence-corrected chi connectivity index (χ0v) is 21.6. The maximum absolute atomic E-state index is 13.8. The second-order valence-electron chi connectivity index (χ2n) is 10.7. The highest BCUT2D eigenvalue weighted by molar-refractivity contribution is 5.95. The molecule has 3 aliphatic rings. The van der Waals surface area contributed by atoms with Crippen molar-refractivity contribution in [3.8, 4) is 17.4 Å². The van der Waals surface area contributed by atoms with Crippen molar-refractivity contribution in [3.05, 3.63) is 60.0 Å². The van der Waals surface area contributed by atoms with Gasteiger partial charge in [0.05, 0.1) is 17.5 Å². The SMILES string of the molecule is CN(C1CCOCC1)[C@@H]1CCN(C(=O)c2cnn(-c3nccc(-c4cc5ccccc5o4)n3)c2C2CC2)C1. The summed E-state index contributed by atoms with van der Waals surface area (Å²) in [6.07, 6.45) is 8.65. The fourth-order valence-corrected chi connectivity index (χ4v) is 5.95. The molecule has 0 radical (unpaired) electrons. The van der Waals surface area contributed by atoms with Gasteiger partial charge in [0.25, 0.3) is 11.9 Å². The fraction of sp³-hybridized carbons (Fsp3) is 0.448. The van der Waals surface area contributed by atoms with Crippen LogP contribution in [0.2, 0.25) is 0 Å². The second-order valence-corrected chi connectivity index (χ2v) is 10.7. The number of likely N-dealkylation sites (N-methyl/N-ethyl adjacent to an activating group) is 1. The van der Waals surface area contributed by atoms with E-state index in [4.69, 9.17) is 14.1 Å². The molecular formula is C29H32N6O3. The van der Waals surface area contributed by atoms with E-state index >= 15 is 0 Å². The van der Waals surface area contributed by atoms with Gasteiger partial charge in [-0.05, 0) is 57.4 Å². The number of benzene rings is 1. The van der Waals surface area contributed by atoms with Crippen molar-refractivity contribution in [2.45, 2.75) is 50.1 Å². The van der Waals surface area contributed by atoms with E-state index in [9.17, 15) is 4.79 Å². The van der Waals surface area contributed by atoms with Crippen molar-refractivity contribution in [1.82, 2.24) is 29.5 Å². The number of rotatable bonds is 6. The summed E-state index contributed by atoms with van der Waals surface area (Å²) in [7, 11) is 2.20. The Bertz CT molecular complexity index is 1440. The van der Waals surface area contributed by atoms with Gasteiger partial charge in [0.2, 0.25) is 0 Å². The van der Waals surface area contributed by atoms with Gasteiger partial charge in [-0.25, -0.2) is 14.6 Å². The van der Waals surface area contributed by atoms with Gasteiger partial charge < -0.3 is 14.1 Å². The zero-order chi connectivity index (χ0) is 25.6. The lowest BCUT2D eigenvalue weighted by molar-refractivity contribution is 0.0295. The molecule has 0 spiro atoms. The van der Waals surface area contributed by atoms with Crippen LogP contribution in [0, 0.1) is 0 Å². The van der Waals surface area contributed by atoms with E-state index < -0.39 is 0 Å². The molecule has 9 heteroatoms. The van der Waals surface area contributed by atoms with E-state index in [0.717, 1.165) is 75.1 Å². The molecular weight excluding hydrogens is 480 g/mol. The topological polar surface area (TPSA) is 89.5 Å². The third-order valence-corrected chi connectivity index (χ3v) is 8.30. The number of hydrogen-bond donors (Lipinski definition) is 0. The lowest BCUT2D eigenvalue weighted by Gasteiger charge is -2.35. The molecule has 3 aromatic heterocycles.